The zero-order chi connectivity index (χ0) is 19.3. The molecule has 11 heteroatoms. The van der Waals surface area contributed by atoms with Crippen molar-refractivity contribution < 1.29 is 9.72 Å². The molecule has 4 rings (SSSR count). The lowest BCUT2D eigenvalue weighted by Crippen LogP contribution is -2.36. The molecule has 0 fully saturated rings. The molecule has 0 saturated heterocycles. The van der Waals surface area contributed by atoms with Crippen molar-refractivity contribution in [3.05, 3.63) is 48.6 Å². The normalized spacial score (nSPS) is 13.6. The lowest BCUT2D eigenvalue weighted by Gasteiger charge is -2.12. The minimum absolute atomic E-state index is 0.237. The number of nitrogens with one attached hydrogen (secondary N) is 1. The molecule has 0 aromatic carbocycles. The van der Waals surface area contributed by atoms with E-state index in [1.54, 1.807) is 6.92 Å². The fourth-order valence-electron chi connectivity index (χ4n) is 3.42. The Morgan fingerprint density at radius 1 is 1.37 bits per heavy atom. The number of nitrogens with zero attached hydrogens (tertiary/aromatic N) is 5. The van der Waals surface area contributed by atoms with Gasteiger partial charge in [-0.05, 0) is 38.2 Å². The quantitative estimate of drug-likeness (QED) is 0.537. The molecular formula is C16H16N6O4S. The number of fused-ring (bicyclic) bond motifs is 3. The van der Waals surface area contributed by atoms with Crippen molar-refractivity contribution in [1.29, 1.82) is 0 Å². The number of aryl methyl sites for hydroxylation is 4. The number of thiophene rings is 1. The highest BCUT2D eigenvalue weighted by molar-refractivity contribution is 7.18. The van der Waals surface area contributed by atoms with E-state index in [2.05, 4.69) is 15.5 Å². The van der Waals surface area contributed by atoms with Crippen LogP contribution in [0.3, 0.4) is 0 Å². The average Bonchev–Trinajstić information content (AvgIpc) is 3.18. The van der Waals surface area contributed by atoms with Gasteiger partial charge in [-0.1, -0.05) is 0 Å². The number of carbonyl (C=O) groups is 1. The minimum Gasteiger partial charge on any atom is -0.267 e. The van der Waals surface area contributed by atoms with Crippen LogP contribution in [0.4, 0.5) is 5.69 Å². The Labute approximate surface area is 156 Å². The maximum atomic E-state index is 13.0. The summed E-state index contributed by atoms with van der Waals surface area (Å²) in [6, 6.07) is 0. The highest BCUT2D eigenvalue weighted by atomic mass is 32.1. The van der Waals surface area contributed by atoms with E-state index in [4.69, 9.17) is 0 Å². The van der Waals surface area contributed by atoms with Gasteiger partial charge in [0.25, 0.3) is 11.5 Å². The molecule has 27 heavy (non-hydrogen) atoms. The van der Waals surface area contributed by atoms with Crippen LogP contribution in [0, 0.1) is 17.0 Å². The standard InChI is InChI=1S/C16H16N6O4S/c1-8-18-15-12(9-5-3-4-6-11(9)27-15)16(24)21(8)19-14(23)13-10(22(25)26)7-17-20(13)2/h7H,3-6H2,1-2H3,(H,19,23). The molecule has 1 aliphatic rings. The number of rotatable bonds is 3. The second-order valence-corrected chi connectivity index (χ2v) is 7.47. The van der Waals surface area contributed by atoms with Crippen molar-refractivity contribution in [2.75, 3.05) is 5.43 Å². The number of aromatic nitrogens is 4. The first-order chi connectivity index (χ1) is 12.9. The third kappa shape index (κ3) is 2.70. The first-order valence-electron chi connectivity index (χ1n) is 8.40. The van der Waals surface area contributed by atoms with E-state index in [1.807, 2.05) is 0 Å². The summed E-state index contributed by atoms with van der Waals surface area (Å²) < 4.78 is 2.16. The molecule has 0 saturated carbocycles. The molecule has 0 atom stereocenters. The van der Waals surface area contributed by atoms with Crippen molar-refractivity contribution in [1.82, 2.24) is 19.4 Å². The van der Waals surface area contributed by atoms with Gasteiger partial charge < -0.3 is 0 Å². The van der Waals surface area contributed by atoms with Gasteiger partial charge in [0, 0.05) is 11.9 Å². The summed E-state index contributed by atoms with van der Waals surface area (Å²) in [6.45, 7) is 1.61. The maximum absolute atomic E-state index is 13.0. The highest BCUT2D eigenvalue weighted by Gasteiger charge is 2.27. The second-order valence-electron chi connectivity index (χ2n) is 6.39. The molecule has 1 amide bonds. The Bertz CT molecular complexity index is 1160. The van der Waals surface area contributed by atoms with Crippen LogP contribution >= 0.6 is 11.3 Å². The Morgan fingerprint density at radius 2 is 2.11 bits per heavy atom. The molecule has 0 radical (unpaired) electrons. The highest BCUT2D eigenvalue weighted by Crippen LogP contribution is 2.33. The molecule has 0 spiro atoms. The van der Waals surface area contributed by atoms with Crippen LogP contribution in [0.2, 0.25) is 0 Å². The number of hydrogen-bond acceptors (Lipinski definition) is 7. The molecule has 0 unspecified atom stereocenters. The van der Waals surface area contributed by atoms with E-state index in [9.17, 15) is 19.7 Å². The molecule has 3 aromatic heterocycles. The van der Waals surface area contributed by atoms with E-state index in [-0.39, 0.29) is 11.3 Å². The van der Waals surface area contributed by atoms with Crippen LogP contribution < -0.4 is 11.0 Å². The molecule has 10 nitrogen and oxygen atoms in total. The van der Waals surface area contributed by atoms with Crippen molar-refractivity contribution in [2.45, 2.75) is 32.6 Å². The molecule has 3 heterocycles. The van der Waals surface area contributed by atoms with Crippen molar-refractivity contribution in [3.8, 4) is 0 Å². The van der Waals surface area contributed by atoms with E-state index in [0.717, 1.165) is 46.8 Å². The molecule has 0 aliphatic heterocycles. The number of hydrogen-bond donors (Lipinski definition) is 1. The van der Waals surface area contributed by atoms with E-state index in [0.29, 0.717) is 16.0 Å². The minimum atomic E-state index is -0.794. The average molecular weight is 388 g/mol. The van der Waals surface area contributed by atoms with Gasteiger partial charge in [-0.15, -0.1) is 11.3 Å². The number of amides is 1. The van der Waals surface area contributed by atoms with Crippen molar-refractivity contribution in [3.63, 3.8) is 0 Å². The summed E-state index contributed by atoms with van der Waals surface area (Å²) in [6.07, 6.45) is 4.85. The van der Waals surface area contributed by atoms with Crippen LogP contribution in [-0.2, 0) is 19.9 Å². The summed E-state index contributed by atoms with van der Waals surface area (Å²) >= 11 is 1.52. The number of carbonyl (C=O) groups excluding carboxylic acids is 1. The first-order valence-corrected chi connectivity index (χ1v) is 9.21. The van der Waals surface area contributed by atoms with Gasteiger partial charge in [0.2, 0.25) is 5.69 Å². The molecular weight excluding hydrogens is 372 g/mol. The van der Waals surface area contributed by atoms with Gasteiger partial charge in [0.15, 0.2) is 0 Å². The summed E-state index contributed by atoms with van der Waals surface area (Å²) in [5.74, 6) is -0.485. The van der Waals surface area contributed by atoms with Gasteiger partial charge in [0.05, 0.1) is 10.3 Å². The molecule has 3 aromatic rings. The fraction of sp³-hybridized carbons (Fsp3) is 0.375. The maximum Gasteiger partial charge on any atom is 0.320 e. The smallest absolute Gasteiger partial charge is 0.267 e. The Hall–Kier alpha value is -3.08. The zero-order valence-corrected chi connectivity index (χ0v) is 15.5. The van der Waals surface area contributed by atoms with Gasteiger partial charge in [-0.3, -0.25) is 29.8 Å². The molecule has 1 aliphatic carbocycles. The van der Waals surface area contributed by atoms with Gasteiger partial charge >= 0.3 is 5.69 Å². The molecule has 140 valence electrons. The largest absolute Gasteiger partial charge is 0.320 e. The van der Waals surface area contributed by atoms with E-state index in [1.165, 1.54) is 23.3 Å². The monoisotopic (exact) mass is 388 g/mol. The lowest BCUT2D eigenvalue weighted by molar-refractivity contribution is -0.385. The summed E-state index contributed by atoms with van der Waals surface area (Å²) in [7, 11) is 1.42. The second kappa shape index (κ2) is 6.27. The van der Waals surface area contributed by atoms with Crippen LogP contribution in [0.15, 0.2) is 11.0 Å². The summed E-state index contributed by atoms with van der Waals surface area (Å²) in [5.41, 5.74) is 2.42. The summed E-state index contributed by atoms with van der Waals surface area (Å²) in [5, 5.41) is 15.4. The lowest BCUT2D eigenvalue weighted by atomic mass is 9.97. The SMILES string of the molecule is Cc1nc2sc3c(c2c(=O)n1NC(=O)c1c([N+](=O)[O-])cnn1C)CCCC3. The van der Waals surface area contributed by atoms with Gasteiger partial charge in [-0.25, -0.2) is 9.66 Å². The molecule has 0 bridgehead atoms. The van der Waals surface area contributed by atoms with E-state index >= 15 is 0 Å². The Kier molecular flexibility index (Phi) is 4.02. The summed E-state index contributed by atoms with van der Waals surface area (Å²) in [4.78, 5) is 42.4. The third-order valence-corrected chi connectivity index (χ3v) is 5.89. The van der Waals surface area contributed by atoms with Crippen molar-refractivity contribution >= 4 is 33.1 Å². The van der Waals surface area contributed by atoms with Crippen molar-refractivity contribution in [2.24, 2.45) is 7.05 Å². The topological polar surface area (TPSA) is 125 Å². The van der Waals surface area contributed by atoms with Crippen LogP contribution in [-0.4, -0.2) is 30.3 Å². The third-order valence-electron chi connectivity index (χ3n) is 4.70. The predicted molar refractivity (Wildman–Crippen MR) is 98.8 cm³/mol. The van der Waals surface area contributed by atoms with Crippen LogP contribution in [0.5, 0.6) is 0 Å². The first kappa shape index (κ1) is 17.3. The van der Waals surface area contributed by atoms with Crippen LogP contribution in [0.25, 0.3) is 10.2 Å². The van der Waals surface area contributed by atoms with Gasteiger partial charge in [-0.2, -0.15) is 5.10 Å². The predicted octanol–water partition coefficient (Wildman–Crippen LogP) is 1.67. The zero-order valence-electron chi connectivity index (χ0n) is 14.7. The molecule has 1 N–H and O–H groups in total. The van der Waals surface area contributed by atoms with E-state index < -0.39 is 16.5 Å². The number of nitro groups is 1. The van der Waals surface area contributed by atoms with Gasteiger partial charge in [0.1, 0.15) is 16.9 Å². The fourth-order valence-corrected chi connectivity index (χ4v) is 4.71. The Morgan fingerprint density at radius 3 is 2.85 bits per heavy atom. The van der Waals surface area contributed by atoms with Crippen LogP contribution in [0.1, 0.15) is 39.6 Å². The Balaban J connectivity index is 1.81.